The second-order valence-corrected chi connectivity index (χ2v) is 5.12. The average Bonchev–Trinajstić information content (AvgIpc) is 2.42. The molecule has 0 aliphatic heterocycles. The molecule has 1 aliphatic rings. The van der Waals surface area contributed by atoms with Gasteiger partial charge in [0.15, 0.2) is 0 Å². The predicted molar refractivity (Wildman–Crippen MR) is 76.3 cm³/mol. The van der Waals surface area contributed by atoms with Gasteiger partial charge in [-0.25, -0.2) is 0 Å². The first-order valence-corrected chi connectivity index (χ1v) is 6.97. The number of carbonyl (C=O) groups excluding carboxylic acids is 2. The van der Waals surface area contributed by atoms with E-state index >= 15 is 0 Å². The maximum Gasteiger partial charge on any atom is 0.240 e. The van der Waals surface area contributed by atoms with Crippen molar-refractivity contribution in [1.82, 2.24) is 5.32 Å². The Balaban J connectivity index is 2.42. The molecule has 106 valence electrons. The third-order valence-corrected chi connectivity index (χ3v) is 3.61. The molecule has 2 amide bonds. The van der Waals surface area contributed by atoms with Gasteiger partial charge >= 0.3 is 0 Å². The summed E-state index contributed by atoms with van der Waals surface area (Å²) in [5.41, 5.74) is 6.61. The van der Waals surface area contributed by atoms with Crippen molar-refractivity contribution in [3.63, 3.8) is 0 Å². The highest BCUT2D eigenvalue weighted by molar-refractivity contribution is 5.86. The van der Waals surface area contributed by atoms with E-state index in [-0.39, 0.29) is 11.8 Å². The van der Waals surface area contributed by atoms with Crippen LogP contribution in [0.15, 0.2) is 23.8 Å². The molecule has 4 nitrogen and oxygen atoms in total. The highest BCUT2D eigenvalue weighted by atomic mass is 16.2. The predicted octanol–water partition coefficient (Wildman–Crippen LogP) is 2.06. The van der Waals surface area contributed by atoms with Crippen LogP contribution >= 0.6 is 0 Å². The van der Waals surface area contributed by atoms with Crippen molar-refractivity contribution in [2.24, 2.45) is 11.7 Å². The topological polar surface area (TPSA) is 72.2 Å². The maximum atomic E-state index is 11.9. The van der Waals surface area contributed by atoms with Gasteiger partial charge < -0.3 is 11.1 Å². The van der Waals surface area contributed by atoms with Crippen molar-refractivity contribution < 1.29 is 9.59 Å². The monoisotopic (exact) mass is 264 g/mol. The van der Waals surface area contributed by atoms with Crippen molar-refractivity contribution in [3.8, 4) is 0 Å². The summed E-state index contributed by atoms with van der Waals surface area (Å²) < 4.78 is 0. The van der Waals surface area contributed by atoms with E-state index in [9.17, 15) is 9.59 Å². The van der Waals surface area contributed by atoms with Gasteiger partial charge in [-0.05, 0) is 25.2 Å². The SMILES string of the molecule is CC[C@H](C)C(NC(=O)CCC1=CC=CCC1)C(N)=O. The number of amides is 2. The summed E-state index contributed by atoms with van der Waals surface area (Å²) in [6, 6.07) is -0.558. The molecule has 0 spiro atoms. The third-order valence-electron chi connectivity index (χ3n) is 3.61. The van der Waals surface area contributed by atoms with E-state index in [4.69, 9.17) is 5.73 Å². The van der Waals surface area contributed by atoms with E-state index < -0.39 is 11.9 Å². The summed E-state index contributed by atoms with van der Waals surface area (Å²) in [4.78, 5) is 23.2. The first kappa shape index (κ1) is 15.5. The minimum Gasteiger partial charge on any atom is -0.368 e. The molecule has 0 radical (unpaired) electrons. The van der Waals surface area contributed by atoms with E-state index in [1.54, 1.807) is 0 Å². The second-order valence-electron chi connectivity index (χ2n) is 5.12. The van der Waals surface area contributed by atoms with E-state index in [0.29, 0.717) is 6.42 Å². The van der Waals surface area contributed by atoms with Gasteiger partial charge in [0, 0.05) is 6.42 Å². The van der Waals surface area contributed by atoms with Crippen molar-refractivity contribution in [3.05, 3.63) is 23.8 Å². The van der Waals surface area contributed by atoms with Crippen LogP contribution in [0.3, 0.4) is 0 Å². The summed E-state index contributed by atoms with van der Waals surface area (Å²) >= 11 is 0. The zero-order valence-electron chi connectivity index (χ0n) is 11.8. The molecular weight excluding hydrogens is 240 g/mol. The van der Waals surface area contributed by atoms with Crippen molar-refractivity contribution in [2.45, 2.75) is 52.0 Å². The lowest BCUT2D eigenvalue weighted by molar-refractivity contribution is -0.128. The number of allylic oxidation sites excluding steroid dienone is 4. The van der Waals surface area contributed by atoms with Crippen LogP contribution in [-0.2, 0) is 9.59 Å². The van der Waals surface area contributed by atoms with Crippen LogP contribution in [0, 0.1) is 5.92 Å². The van der Waals surface area contributed by atoms with Gasteiger partial charge in [0.1, 0.15) is 6.04 Å². The molecule has 1 aliphatic carbocycles. The van der Waals surface area contributed by atoms with E-state index in [0.717, 1.165) is 25.7 Å². The van der Waals surface area contributed by atoms with Crippen LogP contribution in [0.2, 0.25) is 0 Å². The number of carbonyl (C=O) groups is 2. The Labute approximate surface area is 115 Å². The standard InChI is InChI=1S/C15H24N2O2/c1-3-11(2)14(15(16)19)17-13(18)10-9-12-7-5-4-6-8-12/h4-5,7,11,14H,3,6,8-10H2,1-2H3,(H2,16,19)(H,17,18)/t11-,14?/m0/s1. The molecule has 0 aromatic heterocycles. The Hall–Kier alpha value is -1.58. The molecule has 0 saturated heterocycles. The number of primary amides is 1. The Morgan fingerprint density at radius 3 is 2.74 bits per heavy atom. The molecule has 0 fully saturated rings. The van der Waals surface area contributed by atoms with Crippen LogP contribution < -0.4 is 11.1 Å². The number of nitrogens with two attached hydrogens (primary N) is 1. The molecule has 1 rings (SSSR count). The van der Waals surface area contributed by atoms with Crippen molar-refractivity contribution >= 4 is 11.8 Å². The molecule has 0 aromatic rings. The molecule has 3 N–H and O–H groups in total. The molecule has 0 bridgehead atoms. The Morgan fingerprint density at radius 2 is 2.21 bits per heavy atom. The van der Waals surface area contributed by atoms with E-state index in [1.165, 1.54) is 5.57 Å². The third kappa shape index (κ3) is 5.28. The Kier molecular flexibility index (Phi) is 6.33. The van der Waals surface area contributed by atoms with Gasteiger partial charge in [-0.2, -0.15) is 0 Å². The highest BCUT2D eigenvalue weighted by Crippen LogP contribution is 2.17. The fourth-order valence-electron chi connectivity index (χ4n) is 2.11. The summed E-state index contributed by atoms with van der Waals surface area (Å²) in [6.07, 6.45) is 10.3. The van der Waals surface area contributed by atoms with Crippen LogP contribution in [-0.4, -0.2) is 17.9 Å². The first-order chi connectivity index (χ1) is 9.04. The lowest BCUT2D eigenvalue weighted by atomic mass is 9.97. The van der Waals surface area contributed by atoms with Crippen LogP contribution in [0.1, 0.15) is 46.0 Å². The fourth-order valence-corrected chi connectivity index (χ4v) is 2.11. The molecule has 0 saturated carbocycles. The van der Waals surface area contributed by atoms with Crippen LogP contribution in [0.25, 0.3) is 0 Å². The molecule has 0 heterocycles. The summed E-state index contributed by atoms with van der Waals surface area (Å²) in [5, 5.41) is 2.75. The smallest absolute Gasteiger partial charge is 0.240 e. The maximum absolute atomic E-state index is 11.9. The van der Waals surface area contributed by atoms with E-state index in [1.807, 2.05) is 19.9 Å². The Morgan fingerprint density at radius 1 is 1.47 bits per heavy atom. The molecule has 4 heteroatoms. The average molecular weight is 264 g/mol. The lowest BCUT2D eigenvalue weighted by Gasteiger charge is -2.21. The fraction of sp³-hybridized carbons (Fsp3) is 0.600. The molecular formula is C15H24N2O2. The minimum absolute atomic E-state index is 0.0679. The van der Waals surface area contributed by atoms with Gasteiger partial charge in [-0.15, -0.1) is 0 Å². The quantitative estimate of drug-likeness (QED) is 0.738. The van der Waals surface area contributed by atoms with E-state index in [2.05, 4.69) is 17.5 Å². The summed E-state index contributed by atoms with van der Waals surface area (Å²) in [7, 11) is 0. The second kappa shape index (κ2) is 7.77. The zero-order valence-corrected chi connectivity index (χ0v) is 11.8. The largest absolute Gasteiger partial charge is 0.368 e. The van der Waals surface area contributed by atoms with Crippen molar-refractivity contribution in [2.75, 3.05) is 0 Å². The van der Waals surface area contributed by atoms with Gasteiger partial charge in [0.05, 0.1) is 0 Å². The molecule has 19 heavy (non-hydrogen) atoms. The number of nitrogens with one attached hydrogen (secondary N) is 1. The first-order valence-electron chi connectivity index (χ1n) is 6.97. The molecule has 1 unspecified atom stereocenters. The van der Waals surface area contributed by atoms with Crippen molar-refractivity contribution in [1.29, 1.82) is 0 Å². The summed E-state index contributed by atoms with van der Waals surface area (Å²) in [6.45, 7) is 3.90. The lowest BCUT2D eigenvalue weighted by Crippen LogP contribution is -2.48. The highest BCUT2D eigenvalue weighted by Gasteiger charge is 2.23. The van der Waals surface area contributed by atoms with Gasteiger partial charge in [-0.3, -0.25) is 9.59 Å². The molecule has 2 atom stereocenters. The summed E-state index contributed by atoms with van der Waals surface area (Å²) in [5.74, 6) is -0.486. The minimum atomic E-state index is -0.558. The van der Waals surface area contributed by atoms with Crippen LogP contribution in [0.4, 0.5) is 0 Å². The van der Waals surface area contributed by atoms with Gasteiger partial charge in [0.25, 0.3) is 0 Å². The zero-order chi connectivity index (χ0) is 14.3. The molecule has 0 aromatic carbocycles. The number of hydrogen-bond acceptors (Lipinski definition) is 2. The van der Waals surface area contributed by atoms with Gasteiger partial charge in [0.2, 0.25) is 11.8 Å². The Bertz CT molecular complexity index is 386. The van der Waals surface area contributed by atoms with Gasteiger partial charge in [-0.1, -0.05) is 44.1 Å². The normalized spacial score (nSPS) is 17.5. The van der Waals surface area contributed by atoms with Crippen LogP contribution in [0.5, 0.6) is 0 Å². The number of hydrogen-bond donors (Lipinski definition) is 2. The number of rotatable bonds is 7.